The Kier molecular flexibility index (Phi) is 4.02. The van der Waals surface area contributed by atoms with Crippen LogP contribution in [0.2, 0.25) is 0 Å². The third-order valence-corrected chi connectivity index (χ3v) is 6.77. The highest BCUT2D eigenvalue weighted by atomic mass is 16.2. The number of nitrogens with zero attached hydrogens (tertiary/aromatic N) is 5. The molecule has 160 valence electrons. The van der Waals surface area contributed by atoms with E-state index in [4.69, 9.17) is 0 Å². The molecule has 3 aromatic heterocycles. The van der Waals surface area contributed by atoms with Crippen molar-refractivity contribution < 1.29 is 4.79 Å². The second kappa shape index (κ2) is 6.68. The van der Waals surface area contributed by atoms with E-state index in [2.05, 4.69) is 31.6 Å². The number of fused-ring (bicyclic) bond motifs is 2. The zero-order valence-electron chi connectivity index (χ0n) is 18.0. The van der Waals surface area contributed by atoms with Crippen LogP contribution in [-0.4, -0.2) is 52.1 Å². The van der Waals surface area contributed by atoms with Gasteiger partial charge in [-0.25, -0.2) is 14.8 Å². The SMILES string of the molecule is Cc1cn2cc(NC(=O)N3CCc4c(N5CCNC6(CC6)C5)ccnc43)cc(C)c2n1. The molecule has 8 nitrogen and oxygen atoms in total. The number of carbonyl (C=O) groups is 1. The van der Waals surface area contributed by atoms with Gasteiger partial charge in [0.15, 0.2) is 0 Å². The van der Waals surface area contributed by atoms with Crippen molar-refractivity contribution in [2.75, 3.05) is 41.3 Å². The number of amides is 2. The summed E-state index contributed by atoms with van der Waals surface area (Å²) in [7, 11) is 0. The highest BCUT2D eigenvalue weighted by molar-refractivity contribution is 6.03. The summed E-state index contributed by atoms with van der Waals surface area (Å²) in [5.41, 5.74) is 6.39. The minimum atomic E-state index is -0.141. The molecule has 1 saturated heterocycles. The standard InChI is InChI=1S/C23H27N7O/c1-15-11-17(13-29-12-16(2)26-20(15)29)27-22(31)30-9-4-18-19(3-7-24-21(18)30)28-10-8-25-23(14-28)5-6-23/h3,7,11-13,25H,4-6,8-10,14H2,1-2H3,(H,27,31). The number of pyridine rings is 2. The lowest BCUT2D eigenvalue weighted by Crippen LogP contribution is -2.52. The summed E-state index contributed by atoms with van der Waals surface area (Å²) in [6.07, 6.45) is 9.07. The van der Waals surface area contributed by atoms with Crippen LogP contribution < -0.4 is 20.4 Å². The molecule has 1 spiro atoms. The molecule has 31 heavy (non-hydrogen) atoms. The van der Waals surface area contributed by atoms with Gasteiger partial charge in [0.05, 0.1) is 11.4 Å². The molecule has 0 atom stereocenters. The van der Waals surface area contributed by atoms with Crippen LogP contribution in [0.25, 0.3) is 5.65 Å². The van der Waals surface area contributed by atoms with Crippen LogP contribution >= 0.6 is 0 Å². The Hall–Kier alpha value is -3.13. The van der Waals surface area contributed by atoms with Gasteiger partial charge in [0.1, 0.15) is 11.5 Å². The molecule has 2 aliphatic heterocycles. The van der Waals surface area contributed by atoms with Crippen molar-refractivity contribution in [1.29, 1.82) is 0 Å². The smallest absolute Gasteiger partial charge is 0.327 e. The van der Waals surface area contributed by atoms with E-state index in [0.29, 0.717) is 12.1 Å². The van der Waals surface area contributed by atoms with Crippen LogP contribution in [0.4, 0.5) is 22.0 Å². The molecule has 6 rings (SSSR count). The van der Waals surface area contributed by atoms with Crippen LogP contribution in [-0.2, 0) is 6.42 Å². The molecule has 8 heteroatoms. The first-order valence-electron chi connectivity index (χ1n) is 11.0. The number of aromatic nitrogens is 3. The van der Waals surface area contributed by atoms with Crippen LogP contribution in [0.15, 0.2) is 30.7 Å². The summed E-state index contributed by atoms with van der Waals surface area (Å²) in [4.78, 5) is 26.5. The number of carbonyl (C=O) groups excluding carboxylic acids is 1. The van der Waals surface area contributed by atoms with E-state index in [1.165, 1.54) is 24.1 Å². The number of nitrogens with one attached hydrogen (secondary N) is 2. The Morgan fingerprint density at radius 1 is 1.23 bits per heavy atom. The van der Waals surface area contributed by atoms with E-state index >= 15 is 0 Å². The number of hydrogen-bond donors (Lipinski definition) is 2. The summed E-state index contributed by atoms with van der Waals surface area (Å²) in [6, 6.07) is 3.94. The predicted molar refractivity (Wildman–Crippen MR) is 121 cm³/mol. The van der Waals surface area contributed by atoms with Gasteiger partial charge in [-0.2, -0.15) is 0 Å². The first-order chi connectivity index (χ1) is 15.0. The van der Waals surface area contributed by atoms with Crippen molar-refractivity contribution in [2.45, 2.75) is 38.6 Å². The van der Waals surface area contributed by atoms with Crippen molar-refractivity contribution in [1.82, 2.24) is 19.7 Å². The van der Waals surface area contributed by atoms with Crippen molar-refractivity contribution >= 4 is 28.9 Å². The maximum Gasteiger partial charge on any atom is 0.327 e. The molecule has 1 aliphatic carbocycles. The van der Waals surface area contributed by atoms with E-state index in [9.17, 15) is 4.79 Å². The van der Waals surface area contributed by atoms with Gasteiger partial charge in [0, 0.05) is 61.6 Å². The Bertz CT molecular complexity index is 1200. The zero-order chi connectivity index (χ0) is 21.2. The van der Waals surface area contributed by atoms with Crippen molar-refractivity contribution in [3.63, 3.8) is 0 Å². The van der Waals surface area contributed by atoms with Gasteiger partial charge in [0.25, 0.3) is 0 Å². The fourth-order valence-electron chi connectivity index (χ4n) is 5.07. The number of aryl methyl sites for hydroxylation is 2. The van der Waals surface area contributed by atoms with Gasteiger partial charge in [-0.3, -0.25) is 4.90 Å². The molecule has 0 radical (unpaired) electrons. The van der Waals surface area contributed by atoms with Crippen LogP contribution in [0, 0.1) is 13.8 Å². The van der Waals surface area contributed by atoms with Gasteiger partial charge in [0.2, 0.25) is 0 Å². The van der Waals surface area contributed by atoms with Crippen molar-refractivity contribution in [3.05, 3.63) is 47.5 Å². The largest absolute Gasteiger partial charge is 0.368 e. The second-order valence-electron chi connectivity index (χ2n) is 9.12. The maximum absolute atomic E-state index is 13.2. The summed E-state index contributed by atoms with van der Waals surface area (Å²) in [5.74, 6) is 0.787. The van der Waals surface area contributed by atoms with Crippen molar-refractivity contribution in [3.8, 4) is 0 Å². The topological polar surface area (TPSA) is 77.8 Å². The Labute approximate surface area is 181 Å². The number of urea groups is 1. The fourth-order valence-corrected chi connectivity index (χ4v) is 5.07. The molecule has 3 aliphatic rings. The fraction of sp³-hybridized carbons (Fsp3) is 0.435. The first-order valence-corrected chi connectivity index (χ1v) is 11.0. The lowest BCUT2D eigenvalue weighted by molar-refractivity contribution is 0.257. The molecule has 0 bridgehead atoms. The third kappa shape index (κ3) is 3.13. The van der Waals surface area contributed by atoms with Gasteiger partial charge >= 0.3 is 6.03 Å². The predicted octanol–water partition coefficient (Wildman–Crippen LogP) is 2.88. The maximum atomic E-state index is 13.2. The monoisotopic (exact) mass is 417 g/mol. The number of hydrogen-bond acceptors (Lipinski definition) is 5. The molecule has 3 aromatic rings. The van der Waals surface area contributed by atoms with Crippen LogP contribution in [0.1, 0.15) is 29.7 Å². The number of anilines is 3. The average Bonchev–Trinajstić information content (AvgIpc) is 3.17. The Morgan fingerprint density at radius 2 is 2.10 bits per heavy atom. The molecule has 0 aromatic carbocycles. The summed E-state index contributed by atoms with van der Waals surface area (Å²) in [6.45, 7) is 7.67. The molecule has 1 saturated carbocycles. The third-order valence-electron chi connectivity index (χ3n) is 6.77. The molecular weight excluding hydrogens is 390 g/mol. The molecule has 2 N–H and O–H groups in total. The van der Waals surface area contributed by atoms with E-state index in [-0.39, 0.29) is 6.03 Å². The summed E-state index contributed by atoms with van der Waals surface area (Å²) >= 11 is 0. The average molecular weight is 418 g/mol. The normalized spacial score (nSPS) is 19.2. The Balaban J connectivity index is 1.25. The molecule has 0 unspecified atom stereocenters. The molecule has 2 fully saturated rings. The minimum absolute atomic E-state index is 0.141. The van der Waals surface area contributed by atoms with Crippen LogP contribution in [0.3, 0.4) is 0 Å². The van der Waals surface area contributed by atoms with Gasteiger partial charge in [-0.15, -0.1) is 0 Å². The number of piperazine rings is 1. The van der Waals surface area contributed by atoms with Crippen molar-refractivity contribution in [2.24, 2.45) is 0 Å². The summed E-state index contributed by atoms with van der Waals surface area (Å²) < 4.78 is 1.96. The number of imidazole rings is 1. The van der Waals surface area contributed by atoms with Gasteiger partial charge < -0.3 is 19.9 Å². The second-order valence-corrected chi connectivity index (χ2v) is 9.12. The van der Waals surface area contributed by atoms with Gasteiger partial charge in [-0.05, 0) is 50.8 Å². The lowest BCUT2D eigenvalue weighted by Gasteiger charge is -2.36. The first kappa shape index (κ1) is 18.6. The van der Waals surface area contributed by atoms with Crippen LogP contribution in [0.5, 0.6) is 0 Å². The quantitative estimate of drug-likeness (QED) is 0.671. The number of rotatable bonds is 2. The van der Waals surface area contributed by atoms with E-state index < -0.39 is 0 Å². The van der Waals surface area contributed by atoms with E-state index in [0.717, 1.165) is 54.5 Å². The van der Waals surface area contributed by atoms with Gasteiger partial charge in [-0.1, -0.05) is 0 Å². The van der Waals surface area contributed by atoms with E-state index in [1.807, 2.05) is 42.9 Å². The molecule has 5 heterocycles. The Morgan fingerprint density at radius 3 is 2.94 bits per heavy atom. The molecular formula is C23H27N7O. The lowest BCUT2D eigenvalue weighted by atomic mass is 10.1. The highest BCUT2D eigenvalue weighted by Crippen LogP contribution is 2.41. The zero-order valence-corrected chi connectivity index (χ0v) is 18.0. The highest BCUT2D eigenvalue weighted by Gasteiger charge is 2.46. The summed E-state index contributed by atoms with van der Waals surface area (Å²) in [5, 5.41) is 6.74. The minimum Gasteiger partial charge on any atom is -0.368 e. The molecule has 2 amide bonds. The van der Waals surface area contributed by atoms with E-state index in [1.54, 1.807) is 4.90 Å².